The molecule has 0 aromatic heterocycles. The third-order valence-corrected chi connectivity index (χ3v) is 6.26. The van der Waals surface area contributed by atoms with Crippen LogP contribution in [0.5, 0.6) is 0 Å². The van der Waals surface area contributed by atoms with Crippen molar-refractivity contribution in [1.82, 2.24) is 9.96 Å². The van der Waals surface area contributed by atoms with E-state index >= 15 is 0 Å². The second-order valence-corrected chi connectivity index (χ2v) is 8.43. The van der Waals surface area contributed by atoms with Crippen LogP contribution in [0.15, 0.2) is 0 Å². The maximum atomic E-state index is 12.6. The normalized spacial score (nSPS) is 30.3. The molecule has 0 radical (unpaired) electrons. The lowest BCUT2D eigenvalue weighted by Gasteiger charge is -2.38. The van der Waals surface area contributed by atoms with E-state index < -0.39 is 12.1 Å². The number of carboxylic acid groups (broad SMARTS) is 1. The molecule has 4 aliphatic heterocycles. The zero-order valence-corrected chi connectivity index (χ0v) is 17.5. The minimum atomic E-state index is -5.08. The number of alkyl halides is 3. The molecule has 8 nitrogen and oxygen atoms in total. The first-order valence-electron chi connectivity index (χ1n) is 11.0. The van der Waals surface area contributed by atoms with Gasteiger partial charge in [-0.2, -0.15) is 13.2 Å². The van der Waals surface area contributed by atoms with Crippen molar-refractivity contribution in [2.75, 3.05) is 39.5 Å². The van der Waals surface area contributed by atoms with Gasteiger partial charge in [-0.15, -0.1) is 0 Å². The predicted molar refractivity (Wildman–Crippen MR) is 102 cm³/mol. The Morgan fingerprint density at radius 2 is 1.68 bits per heavy atom. The van der Waals surface area contributed by atoms with Crippen molar-refractivity contribution in [2.24, 2.45) is 5.92 Å². The number of ether oxygens (including phenoxy) is 2. The van der Waals surface area contributed by atoms with E-state index in [1.807, 2.05) is 0 Å². The Labute approximate surface area is 179 Å². The lowest BCUT2D eigenvalue weighted by molar-refractivity contribution is -0.213. The number of aliphatic carboxylic acids is 1. The first-order valence-corrected chi connectivity index (χ1v) is 11.0. The van der Waals surface area contributed by atoms with Crippen LogP contribution in [-0.4, -0.2) is 90.8 Å². The van der Waals surface area contributed by atoms with Gasteiger partial charge in [-0.3, -0.25) is 14.5 Å². The second-order valence-electron chi connectivity index (χ2n) is 8.43. The summed E-state index contributed by atoms with van der Waals surface area (Å²) in [6.07, 6.45) is 2.22. The van der Waals surface area contributed by atoms with E-state index in [0.717, 1.165) is 57.8 Å². The summed E-state index contributed by atoms with van der Waals surface area (Å²) >= 11 is 0. The molecule has 1 N–H and O–H groups in total. The van der Waals surface area contributed by atoms with Crippen LogP contribution >= 0.6 is 0 Å². The maximum Gasteiger partial charge on any atom is 0.490 e. The third-order valence-electron chi connectivity index (χ3n) is 6.26. The molecule has 4 heterocycles. The van der Waals surface area contributed by atoms with E-state index in [9.17, 15) is 18.0 Å². The van der Waals surface area contributed by atoms with Crippen LogP contribution in [0.2, 0.25) is 0 Å². The number of amides is 1. The molecule has 4 fully saturated rings. The van der Waals surface area contributed by atoms with E-state index in [1.165, 1.54) is 19.4 Å². The van der Waals surface area contributed by atoms with Gasteiger partial charge in [0.05, 0.1) is 12.7 Å². The topological polar surface area (TPSA) is 88.5 Å². The number of hydrogen-bond acceptors (Lipinski definition) is 6. The minimum absolute atomic E-state index is 0.0380. The third kappa shape index (κ3) is 6.77. The Hall–Kier alpha value is -1.43. The number of halogens is 3. The number of nitrogens with zero attached hydrogens (tertiary/aromatic N) is 2. The molecule has 4 rings (SSSR count). The fourth-order valence-corrected chi connectivity index (χ4v) is 4.61. The summed E-state index contributed by atoms with van der Waals surface area (Å²) in [7, 11) is 0. The molecule has 178 valence electrons. The molecule has 0 spiro atoms. The van der Waals surface area contributed by atoms with Crippen LogP contribution < -0.4 is 0 Å². The quantitative estimate of drug-likeness (QED) is 0.703. The SMILES string of the molecule is O=C(O)C(F)(F)F.O=C([C@@H]1CC[C@@H]2[C@@H](CCN2CC2CCOCC2)O1)N1CCCCO1. The highest BCUT2D eigenvalue weighted by Crippen LogP contribution is 2.33. The lowest BCUT2D eigenvalue weighted by atomic mass is 9.96. The van der Waals surface area contributed by atoms with Gasteiger partial charge in [0.25, 0.3) is 5.91 Å². The van der Waals surface area contributed by atoms with Crippen molar-refractivity contribution in [2.45, 2.75) is 69.4 Å². The highest BCUT2D eigenvalue weighted by atomic mass is 19.4. The van der Waals surface area contributed by atoms with Crippen LogP contribution in [0.3, 0.4) is 0 Å². The number of fused-ring (bicyclic) bond motifs is 1. The Kier molecular flexibility index (Phi) is 8.54. The molecule has 11 heteroatoms. The van der Waals surface area contributed by atoms with Gasteiger partial charge in [-0.25, -0.2) is 9.86 Å². The van der Waals surface area contributed by atoms with E-state index in [0.29, 0.717) is 19.2 Å². The van der Waals surface area contributed by atoms with E-state index in [-0.39, 0.29) is 18.1 Å². The van der Waals surface area contributed by atoms with Crippen molar-refractivity contribution in [3.05, 3.63) is 0 Å². The van der Waals surface area contributed by atoms with Crippen molar-refractivity contribution < 1.29 is 42.2 Å². The van der Waals surface area contributed by atoms with Gasteiger partial charge in [0, 0.05) is 38.9 Å². The van der Waals surface area contributed by atoms with Crippen molar-refractivity contribution >= 4 is 11.9 Å². The van der Waals surface area contributed by atoms with Crippen LogP contribution in [0.1, 0.15) is 44.9 Å². The molecule has 4 saturated heterocycles. The zero-order chi connectivity index (χ0) is 22.4. The minimum Gasteiger partial charge on any atom is -0.475 e. The first kappa shape index (κ1) is 24.2. The molecular formula is C20H31F3N2O6. The summed E-state index contributed by atoms with van der Waals surface area (Å²) in [5.41, 5.74) is 0. The Morgan fingerprint density at radius 1 is 0.968 bits per heavy atom. The molecular weight excluding hydrogens is 421 g/mol. The molecule has 0 aliphatic carbocycles. The second kappa shape index (κ2) is 10.9. The van der Waals surface area contributed by atoms with Crippen molar-refractivity contribution in [1.29, 1.82) is 0 Å². The van der Waals surface area contributed by atoms with Gasteiger partial charge in [0.15, 0.2) is 0 Å². The van der Waals surface area contributed by atoms with Crippen LogP contribution in [0.4, 0.5) is 13.2 Å². The Morgan fingerprint density at radius 3 is 2.29 bits per heavy atom. The molecule has 0 bridgehead atoms. The molecule has 4 aliphatic rings. The summed E-state index contributed by atoms with van der Waals surface area (Å²) in [5.74, 6) is -1.96. The Balaban J connectivity index is 0.000000339. The van der Waals surface area contributed by atoms with Crippen LogP contribution in [0.25, 0.3) is 0 Å². The van der Waals surface area contributed by atoms with E-state index in [4.69, 9.17) is 24.2 Å². The fraction of sp³-hybridized carbons (Fsp3) is 0.900. The number of rotatable bonds is 3. The average Bonchev–Trinajstić information content (AvgIpc) is 3.16. The molecule has 31 heavy (non-hydrogen) atoms. The fourth-order valence-electron chi connectivity index (χ4n) is 4.61. The highest BCUT2D eigenvalue weighted by Gasteiger charge is 2.43. The van der Waals surface area contributed by atoms with Gasteiger partial charge < -0.3 is 14.6 Å². The van der Waals surface area contributed by atoms with Gasteiger partial charge in [-0.1, -0.05) is 0 Å². The number of carbonyl (C=O) groups is 2. The largest absolute Gasteiger partial charge is 0.490 e. The number of likely N-dealkylation sites (tertiary alicyclic amines) is 1. The molecule has 0 aromatic rings. The first-order chi connectivity index (χ1) is 14.8. The summed E-state index contributed by atoms with van der Waals surface area (Å²) < 4.78 is 43.4. The standard InChI is InChI=1S/C18H30N2O4.C2HF3O2/c21-18(20-8-1-2-10-23-20)17-4-3-15-16(24-17)5-9-19(15)13-14-6-11-22-12-7-14;3-2(4,5)1(6)7/h14-17H,1-13H2;(H,6,7)/t15-,16-,17+;/m1./s1. The summed E-state index contributed by atoms with van der Waals surface area (Å²) in [6.45, 7) is 5.46. The predicted octanol–water partition coefficient (Wildman–Crippen LogP) is 2.22. The molecule has 0 unspecified atom stereocenters. The van der Waals surface area contributed by atoms with E-state index in [2.05, 4.69) is 4.90 Å². The summed E-state index contributed by atoms with van der Waals surface area (Å²) in [6, 6.07) is 0.499. The lowest BCUT2D eigenvalue weighted by Crippen LogP contribution is -2.50. The summed E-state index contributed by atoms with van der Waals surface area (Å²) in [5, 5.41) is 8.67. The summed E-state index contributed by atoms with van der Waals surface area (Å²) in [4.78, 5) is 29.6. The molecule has 1 amide bonds. The smallest absolute Gasteiger partial charge is 0.475 e. The number of hydroxylamine groups is 2. The number of carboxylic acids is 1. The van der Waals surface area contributed by atoms with Gasteiger partial charge in [-0.05, 0) is 50.9 Å². The number of carbonyl (C=O) groups excluding carboxylic acids is 1. The highest BCUT2D eigenvalue weighted by molar-refractivity contribution is 5.80. The Bertz CT molecular complexity index is 608. The van der Waals surface area contributed by atoms with Crippen LogP contribution in [0, 0.1) is 5.92 Å². The van der Waals surface area contributed by atoms with Gasteiger partial charge in [0.1, 0.15) is 6.10 Å². The van der Waals surface area contributed by atoms with Gasteiger partial charge in [0.2, 0.25) is 0 Å². The molecule has 0 aromatic carbocycles. The molecule has 3 atom stereocenters. The van der Waals surface area contributed by atoms with E-state index in [1.54, 1.807) is 5.06 Å². The molecule has 0 saturated carbocycles. The van der Waals surface area contributed by atoms with Crippen molar-refractivity contribution in [3.63, 3.8) is 0 Å². The maximum absolute atomic E-state index is 12.6. The number of hydrogen-bond donors (Lipinski definition) is 1. The average molecular weight is 452 g/mol. The van der Waals surface area contributed by atoms with Crippen molar-refractivity contribution in [3.8, 4) is 0 Å². The van der Waals surface area contributed by atoms with Gasteiger partial charge >= 0.3 is 12.1 Å². The van der Waals surface area contributed by atoms with Crippen LogP contribution in [-0.2, 0) is 23.9 Å². The zero-order valence-electron chi connectivity index (χ0n) is 17.5. The monoisotopic (exact) mass is 452 g/mol.